The third-order valence-electron chi connectivity index (χ3n) is 0.500. The molecular formula is C5H10N2O. The van der Waals surface area contributed by atoms with Crippen molar-refractivity contribution in [1.29, 1.82) is 0 Å². The Bertz CT molecular complexity index is 88.4. The van der Waals surface area contributed by atoms with Gasteiger partial charge in [-0.25, -0.2) is 0 Å². The molecule has 0 atom stereocenters. The van der Waals surface area contributed by atoms with Gasteiger partial charge in [-0.15, -0.1) is 0 Å². The van der Waals surface area contributed by atoms with E-state index in [-0.39, 0.29) is 0 Å². The van der Waals surface area contributed by atoms with Crippen molar-refractivity contribution in [1.82, 2.24) is 5.43 Å². The topological polar surface area (TPSA) is 41.5 Å². The van der Waals surface area contributed by atoms with Crippen LogP contribution in [-0.2, 0) is 4.79 Å². The van der Waals surface area contributed by atoms with Crippen LogP contribution in [0.15, 0.2) is 5.10 Å². The van der Waals surface area contributed by atoms with E-state index >= 15 is 0 Å². The molecule has 0 spiro atoms. The highest BCUT2D eigenvalue weighted by molar-refractivity contribution is 5.61. The summed E-state index contributed by atoms with van der Waals surface area (Å²) in [6, 6.07) is 0. The molecule has 0 radical (unpaired) electrons. The van der Waals surface area contributed by atoms with Crippen LogP contribution < -0.4 is 5.43 Å². The second-order valence-electron chi connectivity index (χ2n) is 1.77. The third kappa shape index (κ3) is 5.14. The first kappa shape index (κ1) is 7.14. The molecule has 0 rings (SSSR count). The average molecular weight is 114 g/mol. The maximum absolute atomic E-state index is 9.56. The zero-order valence-electron chi connectivity index (χ0n) is 5.09. The van der Waals surface area contributed by atoms with Crippen LogP contribution >= 0.6 is 0 Å². The van der Waals surface area contributed by atoms with Gasteiger partial charge in [-0.1, -0.05) is 13.8 Å². The molecule has 8 heavy (non-hydrogen) atoms. The Morgan fingerprint density at radius 3 is 2.62 bits per heavy atom. The van der Waals surface area contributed by atoms with Crippen molar-refractivity contribution in [3.8, 4) is 0 Å². The SMILES string of the molecule is CC(C)/C=N\NC=O. The maximum atomic E-state index is 9.56. The third-order valence-corrected chi connectivity index (χ3v) is 0.500. The average Bonchev–Trinajstić information content (AvgIpc) is 1.66. The summed E-state index contributed by atoms with van der Waals surface area (Å²) in [5.74, 6) is 0.391. The fraction of sp³-hybridized carbons (Fsp3) is 0.600. The molecule has 0 bridgehead atoms. The number of carbonyl (C=O) groups is 1. The van der Waals surface area contributed by atoms with Crippen LogP contribution in [0.3, 0.4) is 0 Å². The fourth-order valence-corrected chi connectivity index (χ4v) is 0.223. The minimum atomic E-state index is 0.391. The van der Waals surface area contributed by atoms with Crippen LogP contribution in [0.4, 0.5) is 0 Å². The zero-order chi connectivity index (χ0) is 6.41. The largest absolute Gasteiger partial charge is 0.277 e. The van der Waals surface area contributed by atoms with Crippen molar-refractivity contribution in [3.63, 3.8) is 0 Å². The van der Waals surface area contributed by atoms with Gasteiger partial charge < -0.3 is 0 Å². The van der Waals surface area contributed by atoms with Crippen molar-refractivity contribution >= 4 is 12.6 Å². The molecule has 0 aliphatic carbocycles. The Labute approximate surface area is 48.8 Å². The van der Waals surface area contributed by atoms with Crippen molar-refractivity contribution in [3.05, 3.63) is 0 Å². The standard InChI is InChI=1S/C5H10N2O/c1-5(2)3-6-7-4-8/h3-5H,1-2H3,(H,7,8)/b6-3-. The smallest absolute Gasteiger partial charge is 0.227 e. The van der Waals surface area contributed by atoms with Crippen LogP contribution in [0.25, 0.3) is 0 Å². The number of carbonyl (C=O) groups excluding carboxylic acids is 1. The van der Waals surface area contributed by atoms with Gasteiger partial charge in [-0.3, -0.25) is 10.2 Å². The van der Waals surface area contributed by atoms with Gasteiger partial charge in [0, 0.05) is 6.21 Å². The summed E-state index contributed by atoms with van der Waals surface area (Å²) >= 11 is 0. The van der Waals surface area contributed by atoms with E-state index in [4.69, 9.17) is 0 Å². The Balaban J connectivity index is 3.19. The summed E-state index contributed by atoms with van der Waals surface area (Å²) in [5.41, 5.74) is 2.17. The van der Waals surface area contributed by atoms with Gasteiger partial charge in [0.2, 0.25) is 6.41 Å². The van der Waals surface area contributed by atoms with Gasteiger partial charge in [0.1, 0.15) is 0 Å². The summed E-state index contributed by atoms with van der Waals surface area (Å²) < 4.78 is 0. The molecule has 3 nitrogen and oxygen atoms in total. The maximum Gasteiger partial charge on any atom is 0.227 e. The number of amides is 1. The predicted octanol–water partition coefficient (Wildman–Crippen LogP) is 0.374. The molecular weight excluding hydrogens is 104 g/mol. The second kappa shape index (κ2) is 4.30. The van der Waals surface area contributed by atoms with Crippen LogP contribution in [-0.4, -0.2) is 12.6 Å². The van der Waals surface area contributed by atoms with Gasteiger partial charge in [0.05, 0.1) is 0 Å². The quantitative estimate of drug-likeness (QED) is 0.321. The lowest BCUT2D eigenvalue weighted by atomic mass is 10.3. The van der Waals surface area contributed by atoms with Gasteiger partial charge in [-0.2, -0.15) is 5.10 Å². The highest BCUT2D eigenvalue weighted by atomic mass is 16.1. The van der Waals surface area contributed by atoms with Gasteiger partial charge in [0.15, 0.2) is 0 Å². The van der Waals surface area contributed by atoms with Crippen LogP contribution in [0.5, 0.6) is 0 Å². The van der Waals surface area contributed by atoms with E-state index in [1.165, 1.54) is 0 Å². The predicted molar refractivity (Wildman–Crippen MR) is 32.5 cm³/mol. The first-order chi connectivity index (χ1) is 3.77. The van der Waals surface area contributed by atoms with Crippen LogP contribution in [0, 0.1) is 5.92 Å². The monoisotopic (exact) mass is 114 g/mol. The van der Waals surface area contributed by atoms with Crippen LogP contribution in [0.2, 0.25) is 0 Å². The minimum Gasteiger partial charge on any atom is -0.277 e. The Morgan fingerprint density at radius 2 is 2.25 bits per heavy atom. The molecule has 46 valence electrons. The molecule has 0 aromatic heterocycles. The van der Waals surface area contributed by atoms with Crippen molar-refractivity contribution in [2.24, 2.45) is 11.0 Å². The zero-order valence-corrected chi connectivity index (χ0v) is 5.09. The Kier molecular flexibility index (Phi) is 3.84. The number of hydrogen-bond donors (Lipinski definition) is 1. The van der Waals surface area contributed by atoms with E-state index in [0.717, 1.165) is 0 Å². The first-order valence-electron chi connectivity index (χ1n) is 2.49. The molecule has 0 unspecified atom stereocenters. The van der Waals surface area contributed by atoms with Crippen molar-refractivity contribution in [2.45, 2.75) is 13.8 Å². The first-order valence-corrected chi connectivity index (χ1v) is 2.49. The highest BCUT2D eigenvalue weighted by Crippen LogP contribution is 1.81. The Morgan fingerprint density at radius 1 is 1.62 bits per heavy atom. The summed E-state index contributed by atoms with van der Waals surface area (Å²) in [6.07, 6.45) is 2.20. The molecule has 0 aromatic carbocycles. The summed E-state index contributed by atoms with van der Waals surface area (Å²) in [5, 5.41) is 3.55. The number of nitrogens with zero attached hydrogens (tertiary/aromatic N) is 1. The summed E-state index contributed by atoms with van der Waals surface area (Å²) in [6.45, 7) is 3.96. The van der Waals surface area contributed by atoms with E-state index in [1.807, 2.05) is 13.8 Å². The second-order valence-corrected chi connectivity index (χ2v) is 1.77. The molecule has 0 saturated heterocycles. The van der Waals surface area contributed by atoms with Crippen LogP contribution in [0.1, 0.15) is 13.8 Å². The summed E-state index contributed by atoms with van der Waals surface area (Å²) in [4.78, 5) is 9.56. The highest BCUT2D eigenvalue weighted by Gasteiger charge is 1.80. The fourth-order valence-electron chi connectivity index (χ4n) is 0.223. The van der Waals surface area contributed by atoms with Crippen molar-refractivity contribution in [2.75, 3.05) is 0 Å². The molecule has 3 heteroatoms. The van der Waals surface area contributed by atoms with Gasteiger partial charge in [-0.05, 0) is 5.92 Å². The van der Waals surface area contributed by atoms with E-state index < -0.39 is 0 Å². The minimum absolute atomic E-state index is 0.391. The summed E-state index contributed by atoms with van der Waals surface area (Å²) in [7, 11) is 0. The number of rotatable bonds is 3. The van der Waals surface area contributed by atoms with Crippen molar-refractivity contribution < 1.29 is 4.79 Å². The lowest BCUT2D eigenvalue weighted by Gasteiger charge is -1.89. The molecule has 0 fully saturated rings. The lowest BCUT2D eigenvalue weighted by Crippen LogP contribution is -2.02. The molecule has 0 aliphatic heterocycles. The molecule has 0 aliphatic rings. The van der Waals surface area contributed by atoms with E-state index in [1.54, 1.807) is 6.21 Å². The molecule has 1 amide bonds. The van der Waals surface area contributed by atoms with Gasteiger partial charge in [0.25, 0.3) is 0 Å². The molecule has 0 heterocycles. The number of hydrogen-bond acceptors (Lipinski definition) is 2. The van der Waals surface area contributed by atoms with E-state index in [9.17, 15) is 4.79 Å². The lowest BCUT2D eigenvalue weighted by molar-refractivity contribution is -0.109. The van der Waals surface area contributed by atoms with E-state index in [2.05, 4.69) is 10.5 Å². The molecule has 1 N–H and O–H groups in total. The number of hydrazone groups is 1. The van der Waals surface area contributed by atoms with Gasteiger partial charge >= 0.3 is 0 Å². The Hall–Kier alpha value is -0.860. The normalized spacial score (nSPS) is 10.4. The number of nitrogens with one attached hydrogen (secondary N) is 1. The molecule has 0 saturated carbocycles. The van der Waals surface area contributed by atoms with E-state index in [0.29, 0.717) is 12.3 Å². The molecule has 0 aromatic rings.